The van der Waals surface area contributed by atoms with E-state index in [1.54, 1.807) is 62.3 Å². The van der Waals surface area contributed by atoms with Gasteiger partial charge in [-0.05, 0) is 86.3 Å². The third-order valence-corrected chi connectivity index (χ3v) is 6.66. The highest BCUT2D eigenvalue weighted by molar-refractivity contribution is 7.89. The Morgan fingerprint density at radius 1 is 0.850 bits per heavy atom. The molecule has 0 saturated heterocycles. The van der Waals surface area contributed by atoms with E-state index in [0.29, 0.717) is 5.56 Å². The second kappa shape index (κ2) is 13.5. The van der Waals surface area contributed by atoms with Gasteiger partial charge in [-0.3, -0.25) is 14.4 Å². The van der Waals surface area contributed by atoms with Gasteiger partial charge >= 0.3 is 24.0 Å². The van der Waals surface area contributed by atoms with Gasteiger partial charge in [0.25, 0.3) is 0 Å². The maximum absolute atomic E-state index is 13.3. The Balaban J connectivity index is 3.57. The zero-order valence-corrected chi connectivity index (χ0v) is 25.8. The zero-order chi connectivity index (χ0) is 31.1. The number of hydrogen-bond acceptors (Lipinski definition) is 9. The first-order valence-corrected chi connectivity index (χ1v) is 14.7. The third-order valence-electron chi connectivity index (χ3n) is 4.93. The van der Waals surface area contributed by atoms with Gasteiger partial charge in [-0.25, -0.2) is 17.2 Å². The van der Waals surface area contributed by atoms with Gasteiger partial charge in [0.2, 0.25) is 10.0 Å². The van der Waals surface area contributed by atoms with E-state index in [9.17, 15) is 27.6 Å². The van der Waals surface area contributed by atoms with Crippen LogP contribution >= 0.6 is 0 Å². The molecule has 0 radical (unpaired) electrons. The molecule has 0 aliphatic heterocycles. The second-order valence-electron chi connectivity index (χ2n) is 12.4. The largest absolute Gasteiger partial charge is 0.481 e. The van der Waals surface area contributed by atoms with E-state index in [1.807, 2.05) is 0 Å². The summed E-state index contributed by atoms with van der Waals surface area (Å²) in [6.45, 7) is 14.9. The van der Waals surface area contributed by atoms with Gasteiger partial charge in [0.05, 0.1) is 24.4 Å². The number of carbonyl (C=O) groups is 4. The van der Waals surface area contributed by atoms with Gasteiger partial charge in [-0.15, -0.1) is 0 Å². The van der Waals surface area contributed by atoms with Crippen molar-refractivity contribution in [2.24, 2.45) is 0 Å². The summed E-state index contributed by atoms with van der Waals surface area (Å²) in [6.07, 6.45) is -0.394. The Kier molecular flexibility index (Phi) is 11.8. The number of alkyl carbamates (subject to hydrolysis) is 1. The summed E-state index contributed by atoms with van der Waals surface area (Å²) in [4.78, 5) is 48.6. The fourth-order valence-corrected chi connectivity index (χ4v) is 5.11. The first-order valence-electron chi connectivity index (χ1n) is 13.1. The van der Waals surface area contributed by atoms with E-state index in [1.165, 1.54) is 6.20 Å². The van der Waals surface area contributed by atoms with Gasteiger partial charge in [0.1, 0.15) is 16.8 Å². The van der Waals surface area contributed by atoms with Crippen molar-refractivity contribution < 1.29 is 46.9 Å². The topological polar surface area (TPSA) is 167 Å². The Bertz CT molecular complexity index is 1180. The van der Waals surface area contributed by atoms with Crippen LogP contribution in [0.3, 0.4) is 0 Å². The normalized spacial score (nSPS) is 12.5. The number of nitrogens with one attached hydrogen (secondary N) is 1. The van der Waals surface area contributed by atoms with Crippen LogP contribution in [-0.4, -0.2) is 64.1 Å². The molecule has 0 fully saturated rings. The smallest absolute Gasteiger partial charge is 0.407 e. The van der Waals surface area contributed by atoms with E-state index < -0.39 is 56.6 Å². The SMILES string of the molecule is CC(C)(C)OC(=O)CCc1cn(S(=O)(=O)CCCC(=O)O)c(CNC(=O)OC(C)(C)C)c1CC(=O)OC(C)(C)C. The number of esters is 2. The van der Waals surface area contributed by atoms with E-state index in [0.717, 1.165) is 3.97 Å². The predicted molar refractivity (Wildman–Crippen MR) is 147 cm³/mol. The summed E-state index contributed by atoms with van der Waals surface area (Å²) < 4.78 is 43.7. The van der Waals surface area contributed by atoms with E-state index in [-0.39, 0.29) is 49.9 Å². The molecule has 1 aromatic heterocycles. The zero-order valence-electron chi connectivity index (χ0n) is 25.0. The minimum absolute atomic E-state index is 0.0458. The fourth-order valence-electron chi connectivity index (χ4n) is 3.60. The lowest BCUT2D eigenvalue weighted by atomic mass is 10.0. The van der Waals surface area contributed by atoms with Crippen molar-refractivity contribution in [3.8, 4) is 0 Å². The van der Waals surface area contributed by atoms with Crippen molar-refractivity contribution in [3.05, 3.63) is 23.0 Å². The van der Waals surface area contributed by atoms with Gasteiger partial charge in [-0.2, -0.15) is 0 Å². The maximum atomic E-state index is 13.3. The van der Waals surface area contributed by atoms with E-state index in [2.05, 4.69) is 5.32 Å². The van der Waals surface area contributed by atoms with Gasteiger partial charge in [0.15, 0.2) is 0 Å². The lowest BCUT2D eigenvalue weighted by molar-refractivity contribution is -0.155. The number of amides is 1. The lowest BCUT2D eigenvalue weighted by Gasteiger charge is -2.21. The summed E-state index contributed by atoms with van der Waals surface area (Å²) in [5.41, 5.74) is -1.62. The number of rotatable bonds is 12. The molecule has 0 saturated carbocycles. The number of carbonyl (C=O) groups excluding carboxylic acids is 3. The molecule has 1 aromatic rings. The number of nitrogens with zero attached hydrogens (tertiary/aromatic N) is 1. The van der Waals surface area contributed by atoms with Gasteiger partial charge < -0.3 is 24.6 Å². The molecule has 40 heavy (non-hydrogen) atoms. The molecule has 1 amide bonds. The molecule has 0 aromatic carbocycles. The predicted octanol–water partition coefficient (Wildman–Crippen LogP) is 3.71. The minimum atomic E-state index is -4.12. The molecule has 2 N–H and O–H groups in total. The number of aliphatic carboxylic acids is 1. The number of carboxylic acids is 1. The van der Waals surface area contributed by atoms with Gasteiger partial charge in [-0.1, -0.05) is 0 Å². The molecular formula is C27H44N2O10S. The monoisotopic (exact) mass is 588 g/mol. The average Bonchev–Trinajstić information content (AvgIpc) is 3.04. The van der Waals surface area contributed by atoms with E-state index >= 15 is 0 Å². The third kappa shape index (κ3) is 13.3. The van der Waals surface area contributed by atoms with Crippen molar-refractivity contribution in [1.29, 1.82) is 0 Å². The Hall–Kier alpha value is -3.09. The van der Waals surface area contributed by atoms with Crippen LogP contribution in [-0.2, 0) is 58.0 Å². The molecule has 228 valence electrons. The van der Waals surface area contributed by atoms with Gasteiger partial charge in [0, 0.05) is 19.0 Å². The lowest BCUT2D eigenvalue weighted by Crippen LogP contribution is -2.33. The summed E-state index contributed by atoms with van der Waals surface area (Å²) in [5.74, 6) is -2.78. The molecule has 0 unspecified atom stereocenters. The second-order valence-corrected chi connectivity index (χ2v) is 14.4. The molecule has 1 heterocycles. The number of aromatic nitrogens is 1. The summed E-state index contributed by atoms with van der Waals surface area (Å²) in [7, 11) is -4.12. The van der Waals surface area contributed by atoms with E-state index in [4.69, 9.17) is 19.3 Å². The maximum Gasteiger partial charge on any atom is 0.407 e. The minimum Gasteiger partial charge on any atom is -0.481 e. The van der Waals surface area contributed by atoms with Crippen LogP contribution in [0.5, 0.6) is 0 Å². The van der Waals surface area contributed by atoms with Crippen molar-refractivity contribution in [1.82, 2.24) is 9.29 Å². The molecule has 1 rings (SSSR count). The fraction of sp³-hybridized carbons (Fsp3) is 0.704. The van der Waals surface area contributed by atoms with Crippen LogP contribution in [0.2, 0.25) is 0 Å². The highest BCUT2D eigenvalue weighted by atomic mass is 32.2. The average molecular weight is 589 g/mol. The molecular weight excluding hydrogens is 544 g/mol. The summed E-state index contributed by atoms with van der Waals surface area (Å²) >= 11 is 0. The highest BCUT2D eigenvalue weighted by Gasteiger charge is 2.28. The Morgan fingerprint density at radius 2 is 1.38 bits per heavy atom. The molecule has 0 spiro atoms. The Morgan fingerprint density at radius 3 is 1.88 bits per heavy atom. The number of carboxylic acid groups (broad SMARTS) is 1. The van der Waals surface area contributed by atoms with Crippen LogP contribution in [0.25, 0.3) is 0 Å². The summed E-state index contributed by atoms with van der Waals surface area (Å²) in [5, 5.41) is 11.5. The summed E-state index contributed by atoms with van der Waals surface area (Å²) in [6, 6.07) is 0. The molecule has 0 aliphatic carbocycles. The quantitative estimate of drug-likeness (QED) is 0.271. The highest BCUT2D eigenvalue weighted by Crippen LogP contribution is 2.25. The van der Waals surface area contributed by atoms with Crippen LogP contribution in [0.4, 0.5) is 4.79 Å². The number of aryl methyl sites for hydroxylation is 1. The molecule has 0 atom stereocenters. The van der Waals surface area contributed by atoms with Crippen LogP contribution in [0, 0.1) is 0 Å². The van der Waals surface area contributed by atoms with Crippen LogP contribution < -0.4 is 5.32 Å². The standard InChI is InChI=1S/C27H44N2O10S/c1-25(2,3)37-22(32)13-12-18-17-29(40(35,36)14-10-11-21(30)31)20(16-28-24(34)39-27(7,8)9)19(18)15-23(33)38-26(4,5)6/h17H,10-16H2,1-9H3,(H,28,34)(H,30,31). The first-order chi connectivity index (χ1) is 18.0. The first kappa shape index (κ1) is 34.9. The molecule has 12 nitrogen and oxygen atoms in total. The molecule has 0 bridgehead atoms. The van der Waals surface area contributed by atoms with Crippen molar-refractivity contribution in [2.45, 2.75) is 118 Å². The van der Waals surface area contributed by atoms with Crippen molar-refractivity contribution in [3.63, 3.8) is 0 Å². The molecule has 0 aliphatic rings. The molecule has 13 heteroatoms. The van der Waals surface area contributed by atoms with Crippen LogP contribution in [0.1, 0.15) is 98.4 Å². The number of hydrogen-bond donors (Lipinski definition) is 2. The van der Waals surface area contributed by atoms with Crippen molar-refractivity contribution >= 4 is 34.0 Å². The van der Waals surface area contributed by atoms with Crippen molar-refractivity contribution in [2.75, 3.05) is 5.75 Å². The Labute approximate surface area is 236 Å². The number of ether oxygens (including phenoxy) is 3. The van der Waals surface area contributed by atoms with Crippen LogP contribution in [0.15, 0.2) is 6.20 Å².